The van der Waals surface area contributed by atoms with E-state index in [1.54, 1.807) is 31.2 Å². The number of rotatable bonds is 7. The van der Waals surface area contributed by atoms with Crippen LogP contribution in [0.5, 0.6) is 0 Å². The number of nitrogens with one attached hydrogen (secondary N) is 4. The van der Waals surface area contributed by atoms with E-state index in [-0.39, 0.29) is 12.3 Å². The van der Waals surface area contributed by atoms with Crippen LogP contribution in [-0.2, 0) is 14.4 Å². The van der Waals surface area contributed by atoms with Gasteiger partial charge in [-0.3, -0.25) is 14.4 Å². The lowest BCUT2D eigenvalue weighted by Gasteiger charge is -2.09. The third kappa shape index (κ3) is 7.32. The number of carbonyl (C=O) groups excluding carboxylic acids is 3. The molecule has 33 heavy (non-hydrogen) atoms. The van der Waals surface area contributed by atoms with E-state index < -0.39 is 11.8 Å². The van der Waals surface area contributed by atoms with Crippen LogP contribution in [0.2, 0.25) is 0 Å². The number of anilines is 4. The Morgan fingerprint density at radius 2 is 1.33 bits per heavy atom. The van der Waals surface area contributed by atoms with Crippen molar-refractivity contribution in [2.24, 2.45) is 5.10 Å². The van der Waals surface area contributed by atoms with Crippen LogP contribution in [0, 0.1) is 6.92 Å². The molecule has 0 spiro atoms. The lowest BCUT2D eigenvalue weighted by atomic mass is 10.2. The molecule has 0 aromatic heterocycles. The minimum Gasteiger partial charge on any atom is -0.356 e. The second-order valence-electron chi connectivity index (χ2n) is 7.35. The Balaban J connectivity index is 1.46. The average molecular weight is 444 g/mol. The lowest BCUT2D eigenvalue weighted by molar-refractivity contribution is -0.136. The van der Waals surface area contributed by atoms with Crippen molar-refractivity contribution in [1.82, 2.24) is 5.43 Å². The summed E-state index contributed by atoms with van der Waals surface area (Å²) in [6.07, 6.45) is -0.0380. The first kappa shape index (κ1) is 23.2. The Bertz CT molecular complexity index is 1160. The van der Waals surface area contributed by atoms with Crippen molar-refractivity contribution in [3.05, 3.63) is 84.4 Å². The fourth-order valence-electron chi connectivity index (χ4n) is 2.89. The summed E-state index contributed by atoms with van der Waals surface area (Å²) in [4.78, 5) is 36.2. The quantitative estimate of drug-likeness (QED) is 0.249. The number of carbonyl (C=O) groups is 3. The van der Waals surface area contributed by atoms with Gasteiger partial charge in [0.25, 0.3) is 0 Å². The maximum Gasteiger partial charge on any atom is 0.329 e. The fraction of sp³-hybridized carbons (Fsp3) is 0.120. The van der Waals surface area contributed by atoms with Crippen LogP contribution in [-0.4, -0.2) is 23.4 Å². The molecule has 3 amide bonds. The molecule has 0 aliphatic carbocycles. The van der Waals surface area contributed by atoms with Gasteiger partial charge < -0.3 is 16.0 Å². The summed E-state index contributed by atoms with van der Waals surface area (Å²) in [5.41, 5.74) is 6.39. The van der Waals surface area contributed by atoms with Crippen LogP contribution in [0.25, 0.3) is 0 Å². The summed E-state index contributed by atoms with van der Waals surface area (Å²) in [6, 6.07) is 24.2. The van der Waals surface area contributed by atoms with Gasteiger partial charge in [0.2, 0.25) is 5.91 Å². The molecular formula is C25H25N5O3. The largest absolute Gasteiger partial charge is 0.356 e. The number of nitrogens with zero attached hydrogens (tertiary/aromatic N) is 1. The predicted octanol–water partition coefficient (Wildman–Crippen LogP) is 4.20. The number of amides is 3. The first-order chi connectivity index (χ1) is 15.9. The maximum atomic E-state index is 12.3. The van der Waals surface area contributed by atoms with E-state index in [1.807, 2.05) is 61.5 Å². The van der Waals surface area contributed by atoms with E-state index in [0.29, 0.717) is 17.1 Å². The normalized spacial score (nSPS) is 10.8. The maximum absolute atomic E-state index is 12.3. The number of hydrazone groups is 1. The highest BCUT2D eigenvalue weighted by Gasteiger charge is 2.14. The van der Waals surface area contributed by atoms with Crippen molar-refractivity contribution in [3.63, 3.8) is 0 Å². The zero-order valence-electron chi connectivity index (χ0n) is 18.4. The molecule has 0 heterocycles. The molecule has 0 fully saturated rings. The summed E-state index contributed by atoms with van der Waals surface area (Å²) in [5, 5.41) is 12.4. The van der Waals surface area contributed by atoms with Crippen LogP contribution >= 0.6 is 0 Å². The zero-order chi connectivity index (χ0) is 23.6. The molecule has 168 valence electrons. The first-order valence-corrected chi connectivity index (χ1v) is 10.3. The summed E-state index contributed by atoms with van der Waals surface area (Å²) < 4.78 is 0. The van der Waals surface area contributed by atoms with Crippen molar-refractivity contribution in [2.45, 2.75) is 20.3 Å². The van der Waals surface area contributed by atoms with Gasteiger partial charge >= 0.3 is 11.8 Å². The molecule has 0 aliphatic rings. The van der Waals surface area contributed by atoms with E-state index in [9.17, 15) is 14.4 Å². The molecule has 0 atom stereocenters. The summed E-state index contributed by atoms with van der Waals surface area (Å²) >= 11 is 0. The summed E-state index contributed by atoms with van der Waals surface area (Å²) in [7, 11) is 0. The Morgan fingerprint density at radius 3 is 2.03 bits per heavy atom. The molecular weight excluding hydrogens is 418 g/mol. The topological polar surface area (TPSA) is 112 Å². The van der Waals surface area contributed by atoms with Gasteiger partial charge in [-0.15, -0.1) is 0 Å². The van der Waals surface area contributed by atoms with Gasteiger partial charge in [0, 0.05) is 28.5 Å². The summed E-state index contributed by atoms with van der Waals surface area (Å²) in [6.45, 7) is 3.41. The minimum absolute atomic E-state index is 0.0380. The summed E-state index contributed by atoms with van der Waals surface area (Å²) in [5.74, 6) is -2.05. The standard InChI is InChI=1S/C25H25N5O3/c1-17-8-6-7-11-22(17)28-24(32)25(33)30-29-18(2)16-23(31)27-21-14-12-20(13-15-21)26-19-9-4-3-5-10-19/h3-15,26H,16H2,1-2H3,(H,27,31)(H,28,32)(H,30,33)/b29-18+. The van der Waals surface area contributed by atoms with Gasteiger partial charge in [0.15, 0.2) is 0 Å². The van der Waals surface area contributed by atoms with Crippen LogP contribution < -0.4 is 21.4 Å². The Kier molecular flexibility index (Phi) is 7.91. The van der Waals surface area contributed by atoms with E-state index in [1.165, 1.54) is 0 Å². The van der Waals surface area contributed by atoms with Crippen molar-refractivity contribution in [3.8, 4) is 0 Å². The number of hydrogen-bond donors (Lipinski definition) is 4. The molecule has 0 aliphatic heterocycles. The smallest absolute Gasteiger partial charge is 0.329 e. The monoisotopic (exact) mass is 443 g/mol. The van der Waals surface area contributed by atoms with Gasteiger partial charge in [-0.2, -0.15) is 5.10 Å². The Labute approximate surface area is 192 Å². The zero-order valence-corrected chi connectivity index (χ0v) is 18.4. The number of aryl methyl sites for hydroxylation is 1. The van der Waals surface area contributed by atoms with Crippen molar-refractivity contribution < 1.29 is 14.4 Å². The molecule has 0 saturated carbocycles. The molecule has 3 rings (SSSR count). The molecule has 0 bridgehead atoms. The van der Waals surface area contributed by atoms with Crippen LogP contribution in [0.3, 0.4) is 0 Å². The Hall–Kier alpha value is -4.46. The van der Waals surface area contributed by atoms with Crippen LogP contribution in [0.15, 0.2) is 84.0 Å². The Morgan fingerprint density at radius 1 is 0.727 bits per heavy atom. The molecule has 8 heteroatoms. The third-order valence-corrected chi connectivity index (χ3v) is 4.60. The van der Waals surface area contributed by atoms with E-state index in [4.69, 9.17) is 0 Å². The van der Waals surface area contributed by atoms with Gasteiger partial charge in [0.1, 0.15) is 0 Å². The molecule has 0 saturated heterocycles. The third-order valence-electron chi connectivity index (χ3n) is 4.60. The highest BCUT2D eigenvalue weighted by atomic mass is 16.2. The van der Waals surface area contributed by atoms with Gasteiger partial charge in [-0.25, -0.2) is 5.43 Å². The molecule has 4 N–H and O–H groups in total. The molecule has 0 unspecified atom stereocenters. The SMILES string of the molecule is C/C(CC(=O)Nc1ccc(Nc2ccccc2)cc1)=N\NC(=O)C(=O)Nc1ccccc1C. The van der Waals surface area contributed by atoms with E-state index in [2.05, 4.69) is 26.5 Å². The number of benzene rings is 3. The molecule has 8 nitrogen and oxygen atoms in total. The number of hydrogen-bond acceptors (Lipinski definition) is 5. The van der Waals surface area contributed by atoms with Crippen molar-refractivity contribution >= 4 is 46.2 Å². The fourth-order valence-corrected chi connectivity index (χ4v) is 2.89. The van der Waals surface area contributed by atoms with E-state index >= 15 is 0 Å². The van der Waals surface area contributed by atoms with Crippen molar-refractivity contribution in [1.29, 1.82) is 0 Å². The second kappa shape index (κ2) is 11.2. The molecule has 3 aromatic rings. The highest BCUT2D eigenvalue weighted by molar-refractivity contribution is 6.39. The average Bonchev–Trinajstić information content (AvgIpc) is 2.81. The minimum atomic E-state index is -0.917. The second-order valence-corrected chi connectivity index (χ2v) is 7.35. The lowest BCUT2D eigenvalue weighted by Crippen LogP contribution is -2.33. The van der Waals surface area contributed by atoms with Crippen LogP contribution in [0.4, 0.5) is 22.7 Å². The van der Waals surface area contributed by atoms with Crippen molar-refractivity contribution in [2.75, 3.05) is 16.0 Å². The highest BCUT2D eigenvalue weighted by Crippen LogP contribution is 2.18. The van der Waals surface area contributed by atoms with Gasteiger partial charge in [-0.05, 0) is 61.9 Å². The molecule has 0 radical (unpaired) electrons. The first-order valence-electron chi connectivity index (χ1n) is 10.3. The van der Waals surface area contributed by atoms with Crippen LogP contribution in [0.1, 0.15) is 18.9 Å². The number of para-hydroxylation sites is 2. The van der Waals surface area contributed by atoms with E-state index in [0.717, 1.165) is 16.9 Å². The predicted molar refractivity (Wildman–Crippen MR) is 130 cm³/mol. The van der Waals surface area contributed by atoms with Gasteiger partial charge in [0.05, 0.1) is 6.42 Å². The van der Waals surface area contributed by atoms with Gasteiger partial charge in [-0.1, -0.05) is 36.4 Å². The molecule has 3 aromatic carbocycles.